The van der Waals surface area contributed by atoms with Gasteiger partial charge < -0.3 is 10.2 Å². The number of benzene rings is 1. The van der Waals surface area contributed by atoms with Crippen LogP contribution in [-0.2, 0) is 11.3 Å². The molecule has 0 aliphatic heterocycles. The topological polar surface area (TPSA) is 56.1 Å². The van der Waals surface area contributed by atoms with Crippen LogP contribution in [0.25, 0.3) is 0 Å². The third kappa shape index (κ3) is 4.40. The molecule has 4 heteroatoms. The molecule has 18 heavy (non-hydrogen) atoms. The zero-order chi connectivity index (χ0) is 13.4. The molecule has 0 aliphatic rings. The van der Waals surface area contributed by atoms with Crippen molar-refractivity contribution in [3.63, 3.8) is 0 Å². The summed E-state index contributed by atoms with van der Waals surface area (Å²) in [5, 5.41) is 11.7. The fourth-order valence-corrected chi connectivity index (χ4v) is 1.46. The molecule has 0 radical (unpaired) electrons. The van der Waals surface area contributed by atoms with Crippen LogP contribution in [0, 0.1) is 11.3 Å². The number of nitrogens with zero attached hydrogens (tertiary/aromatic N) is 2. The SMILES string of the molecule is C=CCNCC(=O)N(C)Cc1ccc(C#N)cc1. The van der Waals surface area contributed by atoms with Crippen LogP contribution < -0.4 is 5.32 Å². The van der Waals surface area contributed by atoms with Crippen LogP contribution in [0.2, 0.25) is 0 Å². The number of nitriles is 1. The predicted octanol–water partition coefficient (Wildman–Crippen LogP) is 1.29. The smallest absolute Gasteiger partial charge is 0.236 e. The number of carbonyl (C=O) groups excluding carboxylic acids is 1. The van der Waals surface area contributed by atoms with Gasteiger partial charge in [-0.3, -0.25) is 4.79 Å². The van der Waals surface area contributed by atoms with Crippen LogP contribution in [0.1, 0.15) is 11.1 Å². The number of hydrogen-bond donors (Lipinski definition) is 1. The summed E-state index contributed by atoms with van der Waals surface area (Å²) < 4.78 is 0. The Balaban J connectivity index is 2.47. The van der Waals surface area contributed by atoms with Crippen molar-refractivity contribution in [3.05, 3.63) is 48.0 Å². The second-order valence-corrected chi connectivity index (χ2v) is 3.98. The Morgan fingerprint density at radius 1 is 1.50 bits per heavy atom. The molecule has 0 fully saturated rings. The lowest BCUT2D eigenvalue weighted by Crippen LogP contribution is -2.35. The van der Waals surface area contributed by atoms with Crippen molar-refractivity contribution in [2.75, 3.05) is 20.1 Å². The van der Waals surface area contributed by atoms with Gasteiger partial charge in [-0.1, -0.05) is 18.2 Å². The number of likely N-dealkylation sites (N-methyl/N-ethyl adjacent to an activating group) is 1. The van der Waals surface area contributed by atoms with E-state index < -0.39 is 0 Å². The van der Waals surface area contributed by atoms with Gasteiger partial charge in [0.15, 0.2) is 0 Å². The maximum atomic E-state index is 11.7. The summed E-state index contributed by atoms with van der Waals surface area (Å²) in [5.41, 5.74) is 1.63. The number of carbonyl (C=O) groups is 1. The van der Waals surface area contributed by atoms with Crippen molar-refractivity contribution in [2.45, 2.75) is 6.54 Å². The van der Waals surface area contributed by atoms with Gasteiger partial charge >= 0.3 is 0 Å². The Kier molecular flexibility index (Phi) is 5.62. The van der Waals surface area contributed by atoms with Crippen molar-refractivity contribution in [2.24, 2.45) is 0 Å². The minimum Gasteiger partial charge on any atom is -0.340 e. The maximum Gasteiger partial charge on any atom is 0.236 e. The molecule has 0 saturated carbocycles. The number of hydrogen-bond acceptors (Lipinski definition) is 3. The van der Waals surface area contributed by atoms with Gasteiger partial charge in [0.05, 0.1) is 18.2 Å². The van der Waals surface area contributed by atoms with Gasteiger partial charge in [-0.05, 0) is 17.7 Å². The van der Waals surface area contributed by atoms with Crippen LogP contribution >= 0.6 is 0 Å². The number of amides is 1. The van der Waals surface area contributed by atoms with Gasteiger partial charge in [-0.2, -0.15) is 5.26 Å². The van der Waals surface area contributed by atoms with Crippen LogP contribution in [0.3, 0.4) is 0 Å². The van der Waals surface area contributed by atoms with Crippen LogP contribution in [0.5, 0.6) is 0 Å². The Morgan fingerprint density at radius 3 is 2.72 bits per heavy atom. The van der Waals surface area contributed by atoms with E-state index in [4.69, 9.17) is 5.26 Å². The number of rotatable bonds is 6. The molecular formula is C14H17N3O. The molecule has 1 rings (SSSR count). The van der Waals surface area contributed by atoms with E-state index >= 15 is 0 Å². The molecule has 1 N–H and O–H groups in total. The minimum absolute atomic E-state index is 0.0289. The van der Waals surface area contributed by atoms with Gasteiger partial charge in [-0.15, -0.1) is 6.58 Å². The normalized spacial score (nSPS) is 9.56. The molecule has 0 heterocycles. The first-order valence-corrected chi connectivity index (χ1v) is 5.72. The van der Waals surface area contributed by atoms with Gasteiger partial charge in [0.1, 0.15) is 0 Å². The van der Waals surface area contributed by atoms with E-state index in [1.54, 1.807) is 30.2 Å². The average Bonchev–Trinajstić information content (AvgIpc) is 2.39. The lowest BCUT2D eigenvalue weighted by molar-refractivity contribution is -0.129. The summed E-state index contributed by atoms with van der Waals surface area (Å²) in [5.74, 6) is 0.0289. The zero-order valence-corrected chi connectivity index (χ0v) is 10.5. The van der Waals surface area contributed by atoms with E-state index in [2.05, 4.69) is 18.0 Å². The summed E-state index contributed by atoms with van der Waals surface area (Å²) in [6, 6.07) is 9.29. The molecule has 0 aromatic heterocycles. The van der Waals surface area contributed by atoms with E-state index in [1.807, 2.05) is 12.1 Å². The van der Waals surface area contributed by atoms with Crippen LogP contribution in [0.4, 0.5) is 0 Å². The third-order valence-electron chi connectivity index (χ3n) is 2.49. The summed E-state index contributed by atoms with van der Waals surface area (Å²) in [7, 11) is 1.76. The summed E-state index contributed by atoms with van der Waals surface area (Å²) in [6.45, 7) is 5.04. The summed E-state index contributed by atoms with van der Waals surface area (Å²) in [4.78, 5) is 13.4. The minimum atomic E-state index is 0.0289. The molecule has 0 atom stereocenters. The molecular weight excluding hydrogens is 226 g/mol. The fourth-order valence-electron chi connectivity index (χ4n) is 1.46. The second kappa shape index (κ2) is 7.25. The lowest BCUT2D eigenvalue weighted by Gasteiger charge is -2.17. The lowest BCUT2D eigenvalue weighted by atomic mass is 10.1. The molecule has 0 unspecified atom stereocenters. The number of nitrogens with one attached hydrogen (secondary N) is 1. The molecule has 1 aromatic carbocycles. The quantitative estimate of drug-likeness (QED) is 0.605. The third-order valence-corrected chi connectivity index (χ3v) is 2.49. The van der Waals surface area contributed by atoms with E-state index in [1.165, 1.54) is 0 Å². The molecule has 1 amide bonds. The standard InChI is InChI=1S/C14H17N3O/c1-3-8-16-10-14(18)17(2)11-13-6-4-12(9-15)5-7-13/h3-7,16H,1,8,10-11H2,2H3. The highest BCUT2D eigenvalue weighted by molar-refractivity contribution is 5.77. The Hall–Kier alpha value is -2.12. The fraction of sp³-hybridized carbons (Fsp3) is 0.286. The maximum absolute atomic E-state index is 11.7. The molecule has 1 aromatic rings. The predicted molar refractivity (Wildman–Crippen MR) is 70.7 cm³/mol. The van der Waals surface area contributed by atoms with Crippen molar-refractivity contribution >= 4 is 5.91 Å². The largest absolute Gasteiger partial charge is 0.340 e. The van der Waals surface area contributed by atoms with Gasteiger partial charge in [0.2, 0.25) is 5.91 Å². The Bertz CT molecular complexity index is 445. The summed E-state index contributed by atoms with van der Waals surface area (Å²) >= 11 is 0. The molecule has 0 saturated heterocycles. The van der Waals surface area contributed by atoms with E-state index in [0.29, 0.717) is 25.2 Å². The van der Waals surface area contributed by atoms with E-state index in [-0.39, 0.29) is 5.91 Å². The first-order chi connectivity index (χ1) is 8.67. The van der Waals surface area contributed by atoms with E-state index in [0.717, 1.165) is 5.56 Å². The molecule has 4 nitrogen and oxygen atoms in total. The second-order valence-electron chi connectivity index (χ2n) is 3.98. The van der Waals surface area contributed by atoms with Crippen molar-refractivity contribution in [1.29, 1.82) is 5.26 Å². The zero-order valence-electron chi connectivity index (χ0n) is 10.5. The molecule has 0 aliphatic carbocycles. The van der Waals surface area contributed by atoms with Crippen LogP contribution in [0.15, 0.2) is 36.9 Å². The molecule has 0 bridgehead atoms. The highest BCUT2D eigenvalue weighted by Gasteiger charge is 2.08. The van der Waals surface area contributed by atoms with Crippen molar-refractivity contribution in [3.8, 4) is 6.07 Å². The van der Waals surface area contributed by atoms with Gasteiger partial charge in [0.25, 0.3) is 0 Å². The van der Waals surface area contributed by atoms with E-state index in [9.17, 15) is 4.79 Å². The Morgan fingerprint density at radius 2 is 2.17 bits per heavy atom. The monoisotopic (exact) mass is 243 g/mol. The highest BCUT2D eigenvalue weighted by atomic mass is 16.2. The Labute approximate surface area is 108 Å². The molecule has 94 valence electrons. The first kappa shape index (κ1) is 13.9. The van der Waals surface area contributed by atoms with Crippen LogP contribution in [-0.4, -0.2) is 30.9 Å². The van der Waals surface area contributed by atoms with Gasteiger partial charge in [-0.25, -0.2) is 0 Å². The van der Waals surface area contributed by atoms with Crippen molar-refractivity contribution in [1.82, 2.24) is 10.2 Å². The van der Waals surface area contributed by atoms with Crippen molar-refractivity contribution < 1.29 is 4.79 Å². The summed E-state index contributed by atoms with van der Waals surface area (Å²) in [6.07, 6.45) is 1.72. The average molecular weight is 243 g/mol. The first-order valence-electron chi connectivity index (χ1n) is 5.72. The van der Waals surface area contributed by atoms with Gasteiger partial charge in [0, 0.05) is 20.1 Å². The molecule has 0 spiro atoms. The highest BCUT2D eigenvalue weighted by Crippen LogP contribution is 2.05.